The number of nitrogens with one attached hydrogen (secondary N) is 4. The molecule has 0 radical (unpaired) electrons. The minimum atomic E-state index is -0.501. The Labute approximate surface area is 646 Å². The number of anilines is 4. The van der Waals surface area contributed by atoms with Gasteiger partial charge in [0.2, 0.25) is 16.3 Å². The van der Waals surface area contributed by atoms with Crippen LogP contribution in [0.2, 0.25) is 5.79 Å². The highest BCUT2D eigenvalue weighted by Gasteiger charge is 2.74. The molecule has 13 heteroatoms. The Kier molecular flexibility index (Phi) is 14.7. The lowest BCUT2D eigenvalue weighted by atomic mass is 9.53. The minimum absolute atomic E-state index is 0.0535. The Morgan fingerprint density at radius 2 is 0.722 bits per heavy atom. The first-order chi connectivity index (χ1) is 53.0. The molecule has 8 aromatic rings. The van der Waals surface area contributed by atoms with Crippen LogP contribution in [-0.4, -0.2) is 127 Å². The number of para-hydroxylation sites is 4. The van der Waals surface area contributed by atoms with Gasteiger partial charge in [-0.05, 0) is 242 Å². The van der Waals surface area contributed by atoms with Gasteiger partial charge in [0.1, 0.15) is 12.3 Å². The van der Waals surface area contributed by atoms with E-state index in [1.54, 1.807) is 61.2 Å². The highest BCUT2D eigenvalue weighted by Crippen LogP contribution is 2.75. The third kappa shape index (κ3) is 7.87. The number of hydrogen-bond acceptors (Lipinski definition) is 10. The van der Waals surface area contributed by atoms with Crippen molar-refractivity contribution in [2.24, 2.45) is 23.7 Å². The first-order valence-corrected chi connectivity index (χ1v) is 44.0. The van der Waals surface area contributed by atoms with Crippen molar-refractivity contribution in [2.75, 3.05) is 75.8 Å². The molecule has 0 spiro atoms. The van der Waals surface area contributed by atoms with Gasteiger partial charge in [0, 0.05) is 81.4 Å². The van der Waals surface area contributed by atoms with Gasteiger partial charge in [0.15, 0.2) is 0 Å². The maximum Gasteiger partial charge on any atom is 0.411 e. The molecule has 16 aliphatic rings. The number of fused-ring (bicyclic) bond motifs is 26. The number of rotatable bonds is 6. The number of likely N-dealkylation sites (N-methyl/N-ethyl adjacent to an activating group) is 2. The van der Waals surface area contributed by atoms with Gasteiger partial charge >= 0.3 is 12.2 Å². The monoisotopic (exact) mass is 1450 g/mol. The number of carbonyl (C=O) groups excluding carboxylic acids is 2. The van der Waals surface area contributed by atoms with E-state index < -0.39 is 5.41 Å². The molecule has 4 saturated heterocycles. The second-order valence-corrected chi connectivity index (χ2v) is 35.9. The first-order valence-electron chi connectivity index (χ1n) is 42.0. The molecule has 108 heavy (non-hydrogen) atoms. The van der Waals surface area contributed by atoms with Gasteiger partial charge in [-0.25, -0.2) is 9.59 Å². The molecule has 8 aromatic carbocycles. The van der Waals surface area contributed by atoms with E-state index in [0.29, 0.717) is 37.0 Å². The molecule has 552 valence electrons. The number of carbonyl (C=O) groups is 2. The standard InChI is InChI=1S/C48H50N4O4.C46H50N4.CH3.Al.2H/c1-55-43(53)51-25-23-46(36-15-5-6-20-39(36)49-41(46)51)37-18-8-19-38-40(37)50-42-48(38,24-26-52(42)44(54)56-2)47-22-10-13-31(47)28-32-34(16-7-17-35(32)47)45-21-9-12-30(45)27-29-11-3-4-14-33(29)45;1-49-25-23-44(36-15-5-6-20-39(36)47-41(44)49)37-18-8-19-38-40(37)48-42-46(38,24-26-50(42)2)45-22-10-13-31(45)28-32-34(16-7-17-35(32)45)43-21-9-12-30(43)27-29-11-3-4-14-33(29)43;;;;/h3-8,11,14-20,30-31,41-42,49-50H,9-10,12-13,21-28H2,1-2H3;3-8,11,14-20,30-31,41-42,47-48H,9-10,12-13,21-28H2,1-2H3;1H3;;;/t30-,31-,41+,42-,45+,46+,47+,48+;30-,31-,41+,42-,43+,44+,45+,46+;;;;/m00..../s1. The molecule has 8 aliphatic heterocycles. The van der Waals surface area contributed by atoms with Crippen molar-refractivity contribution in [3.63, 3.8) is 0 Å². The molecule has 8 heterocycles. The number of benzene rings is 8. The summed E-state index contributed by atoms with van der Waals surface area (Å²) < 4.78 is 10.9. The van der Waals surface area contributed by atoms with E-state index in [1.807, 2.05) is 9.80 Å². The predicted octanol–water partition coefficient (Wildman–Crippen LogP) is 16.6. The lowest BCUT2D eigenvalue weighted by Gasteiger charge is -2.49. The first kappa shape index (κ1) is 66.9. The summed E-state index contributed by atoms with van der Waals surface area (Å²) in [6, 6.07) is 66.2. The van der Waals surface area contributed by atoms with Gasteiger partial charge < -0.3 is 30.7 Å². The lowest BCUT2D eigenvalue weighted by Crippen LogP contribution is -2.57. The molecule has 4 N–H and O–H groups in total. The average molecular weight is 1450 g/mol. The summed E-state index contributed by atoms with van der Waals surface area (Å²) in [4.78, 5) is 36.4. The van der Waals surface area contributed by atoms with Gasteiger partial charge in [0.05, 0.1) is 37.4 Å². The van der Waals surface area contributed by atoms with Crippen molar-refractivity contribution in [3.05, 3.63) is 259 Å². The van der Waals surface area contributed by atoms with Crippen LogP contribution >= 0.6 is 0 Å². The summed E-state index contributed by atoms with van der Waals surface area (Å²) in [6.07, 6.45) is 23.7. The molecule has 0 bridgehead atoms. The maximum absolute atomic E-state index is 13.9. The normalized spacial score (nSPS) is 35.9. The van der Waals surface area contributed by atoms with Crippen LogP contribution in [0.25, 0.3) is 0 Å². The number of hydrogen-bond donors (Lipinski definition) is 4. The van der Waals surface area contributed by atoms with Crippen LogP contribution in [0.3, 0.4) is 0 Å². The van der Waals surface area contributed by atoms with Crippen molar-refractivity contribution >= 4 is 51.2 Å². The van der Waals surface area contributed by atoms with Crippen molar-refractivity contribution in [1.82, 2.24) is 19.6 Å². The van der Waals surface area contributed by atoms with Crippen LogP contribution in [-0.2, 0) is 78.5 Å². The molecular formula is C95H105AlN8O4. The zero-order valence-electron chi connectivity index (χ0n) is 64.2. The highest BCUT2D eigenvalue weighted by atomic mass is 27.0. The fraction of sp³-hybridized carbons (Fsp3) is 0.474. The largest absolute Gasteiger partial charge is 0.453 e. The summed E-state index contributed by atoms with van der Waals surface area (Å²) in [6.45, 7) is 3.49. The molecule has 8 fully saturated rings. The highest BCUT2D eigenvalue weighted by molar-refractivity contribution is 6.05. The topological polar surface area (TPSA) is 114 Å². The zero-order chi connectivity index (χ0) is 72.6. The molecule has 4 saturated carbocycles. The molecule has 24 rings (SSSR count). The predicted molar refractivity (Wildman–Crippen MR) is 432 cm³/mol. The number of ether oxygens (including phenoxy) is 2. The molecule has 8 aliphatic carbocycles. The Balaban J connectivity index is 0.000000132. The van der Waals surface area contributed by atoms with E-state index in [-0.39, 0.29) is 68.6 Å². The van der Waals surface area contributed by atoms with Crippen molar-refractivity contribution in [3.8, 4) is 0 Å². The molecule has 12 nitrogen and oxygen atoms in total. The summed E-state index contributed by atoms with van der Waals surface area (Å²) in [7, 11) is 7.72. The number of methoxy groups -OCH3 is 2. The number of nitrogens with zero attached hydrogens (tertiary/aromatic N) is 4. The van der Waals surface area contributed by atoms with E-state index >= 15 is 0 Å². The molecular weight excluding hydrogens is 1340 g/mol. The van der Waals surface area contributed by atoms with Crippen LogP contribution in [0, 0.1) is 23.7 Å². The average Bonchev–Trinajstić information content (AvgIpc) is 1.49. The van der Waals surface area contributed by atoms with Gasteiger partial charge in [-0.2, -0.15) is 0 Å². The SMILES string of the molecule is CN1CC[C@]2(c3cccc4c3N[C@H]3N(C)CC[C@@]43[C@]34CCC[C@H]3Cc3c([C@]56CCC[C@H]5Cc5ccccc56)cccc34)c3ccccc3N[C@H]12.COC(=O)N1CC[C@]2(c3cccc4c3N[C@H]3N(C(=O)OC)CC[C@@]43[C@]34CCC[C@H]3Cc3c([C@]56CCC[C@H]5Cc5ccccc56)cccc34)c3ccccc3N[C@H]12.[CH3][AlH2]. The van der Waals surface area contributed by atoms with E-state index in [2.05, 4.69) is 221 Å². The third-order valence-electron chi connectivity index (χ3n) is 33.4. The van der Waals surface area contributed by atoms with E-state index in [9.17, 15) is 9.59 Å². The fourth-order valence-corrected chi connectivity index (χ4v) is 30.1. The Hall–Kier alpha value is -8.05. The van der Waals surface area contributed by atoms with Crippen molar-refractivity contribution in [1.29, 1.82) is 0 Å². The zero-order valence-corrected chi connectivity index (χ0v) is 66.2. The van der Waals surface area contributed by atoms with Crippen LogP contribution in [0.4, 0.5) is 32.3 Å². The Morgan fingerprint density at radius 3 is 1.27 bits per heavy atom. The number of likely N-dealkylation sites (tertiary alicyclic amines) is 4. The lowest BCUT2D eigenvalue weighted by molar-refractivity contribution is 0.0993. The van der Waals surface area contributed by atoms with Crippen LogP contribution < -0.4 is 21.3 Å². The second kappa shape index (κ2) is 23.7. The van der Waals surface area contributed by atoms with Crippen LogP contribution in [0.5, 0.6) is 0 Å². The maximum atomic E-state index is 13.9. The molecule has 16 atom stereocenters. The summed E-state index contributed by atoms with van der Waals surface area (Å²) >= 11 is 1.31. The van der Waals surface area contributed by atoms with Crippen molar-refractivity contribution in [2.45, 2.75) is 202 Å². The van der Waals surface area contributed by atoms with Crippen molar-refractivity contribution < 1.29 is 19.1 Å². The van der Waals surface area contributed by atoms with Gasteiger partial charge in [-0.1, -0.05) is 183 Å². The fourth-order valence-electron chi connectivity index (χ4n) is 30.1. The van der Waals surface area contributed by atoms with E-state index in [4.69, 9.17) is 9.47 Å². The van der Waals surface area contributed by atoms with Crippen LogP contribution in [0.1, 0.15) is 192 Å². The third-order valence-corrected chi connectivity index (χ3v) is 33.4. The quantitative estimate of drug-likeness (QED) is 0.120. The van der Waals surface area contributed by atoms with Crippen LogP contribution in [0.15, 0.2) is 170 Å². The van der Waals surface area contributed by atoms with Gasteiger partial charge in [0.25, 0.3) is 0 Å². The van der Waals surface area contributed by atoms with E-state index in [0.717, 1.165) is 62.5 Å². The smallest absolute Gasteiger partial charge is 0.411 e. The molecule has 0 aromatic heterocycles. The van der Waals surface area contributed by atoms with E-state index in [1.165, 1.54) is 166 Å². The summed E-state index contributed by atoms with van der Waals surface area (Å²) in [5, 5.41) is 16.3. The second-order valence-electron chi connectivity index (χ2n) is 35.9. The van der Waals surface area contributed by atoms with Gasteiger partial charge in [-0.15, -0.1) is 5.79 Å². The minimum Gasteiger partial charge on any atom is -0.453 e. The summed E-state index contributed by atoms with van der Waals surface area (Å²) in [5.74, 6) is 4.72. The van der Waals surface area contributed by atoms with Gasteiger partial charge in [-0.3, -0.25) is 19.6 Å². The molecule has 2 amide bonds. The molecule has 0 unspecified atom stereocenters. The Morgan fingerprint density at radius 1 is 0.343 bits per heavy atom. The Bertz CT molecular complexity index is 5100. The summed E-state index contributed by atoms with van der Waals surface area (Å²) in [5.41, 5.74) is 29.1. The number of amides is 2.